The number of hydrogen-bond donors (Lipinski definition) is 1. The summed E-state index contributed by atoms with van der Waals surface area (Å²) in [6, 6.07) is 17.0. The molecule has 0 saturated carbocycles. The van der Waals surface area contributed by atoms with Gasteiger partial charge in [-0.15, -0.1) is 0 Å². The second kappa shape index (κ2) is 9.20. The number of amides is 1. The van der Waals surface area contributed by atoms with Gasteiger partial charge in [0, 0.05) is 16.7 Å². The number of methoxy groups -OCH3 is 1. The fourth-order valence-electron chi connectivity index (χ4n) is 2.19. The molecule has 2 aromatic rings. The Balaban J connectivity index is 1.99. The number of carbonyl (C=O) groups excluding carboxylic acids is 2. The third-order valence-electron chi connectivity index (χ3n) is 3.32. The van der Waals surface area contributed by atoms with Gasteiger partial charge in [0.05, 0.1) is 20.2 Å². The van der Waals surface area contributed by atoms with Crippen molar-refractivity contribution in [3.8, 4) is 0 Å². The molecule has 0 bridgehead atoms. The van der Waals surface area contributed by atoms with Crippen LogP contribution in [0.15, 0.2) is 59.1 Å². The van der Waals surface area contributed by atoms with E-state index in [-0.39, 0.29) is 25.0 Å². The maximum atomic E-state index is 12.3. The van der Waals surface area contributed by atoms with E-state index in [1.54, 1.807) is 4.90 Å². The Kier molecular flexibility index (Phi) is 6.96. The number of nitrogens with one attached hydrogen (secondary N) is 1. The minimum absolute atomic E-state index is 0.0547. The molecule has 1 amide bonds. The Labute approximate surface area is 149 Å². The zero-order valence-electron chi connectivity index (χ0n) is 13.4. The minimum atomic E-state index is -0.373. The van der Waals surface area contributed by atoms with E-state index in [2.05, 4.69) is 21.2 Å². The summed E-state index contributed by atoms with van der Waals surface area (Å²) in [5.74, 6) is -0.556. The summed E-state index contributed by atoms with van der Waals surface area (Å²) in [6.07, 6.45) is 0. The lowest BCUT2D eigenvalue weighted by molar-refractivity contribution is -0.142. The normalized spacial score (nSPS) is 10.5. The van der Waals surface area contributed by atoms with E-state index in [0.29, 0.717) is 12.2 Å². The van der Waals surface area contributed by atoms with Crippen molar-refractivity contribution in [2.75, 3.05) is 25.5 Å². The van der Waals surface area contributed by atoms with Crippen molar-refractivity contribution in [2.45, 2.75) is 6.54 Å². The van der Waals surface area contributed by atoms with Crippen LogP contribution in [-0.4, -0.2) is 37.0 Å². The van der Waals surface area contributed by atoms with Gasteiger partial charge in [-0.25, -0.2) is 0 Å². The number of nitrogens with zero attached hydrogens (tertiary/aromatic N) is 1. The number of benzene rings is 2. The summed E-state index contributed by atoms with van der Waals surface area (Å²) in [4.78, 5) is 25.6. The first kappa shape index (κ1) is 18.2. The maximum absolute atomic E-state index is 12.3. The van der Waals surface area contributed by atoms with Crippen LogP contribution in [-0.2, 0) is 20.9 Å². The van der Waals surface area contributed by atoms with Gasteiger partial charge in [0.2, 0.25) is 5.91 Å². The average molecular weight is 391 g/mol. The number of ether oxygens (including phenoxy) is 1. The molecule has 0 aliphatic rings. The molecule has 0 aromatic heterocycles. The number of rotatable bonds is 7. The molecule has 0 heterocycles. The molecule has 126 valence electrons. The lowest BCUT2D eigenvalue weighted by Crippen LogP contribution is -2.36. The maximum Gasteiger partial charge on any atom is 0.319 e. The van der Waals surface area contributed by atoms with Crippen molar-refractivity contribution in [2.24, 2.45) is 0 Å². The number of anilines is 1. The highest BCUT2D eigenvalue weighted by Gasteiger charge is 2.15. The van der Waals surface area contributed by atoms with Crippen LogP contribution in [0, 0.1) is 0 Å². The Morgan fingerprint density at radius 1 is 1.04 bits per heavy atom. The van der Waals surface area contributed by atoms with Gasteiger partial charge < -0.3 is 10.1 Å². The highest BCUT2D eigenvalue weighted by atomic mass is 79.9. The van der Waals surface area contributed by atoms with E-state index in [1.165, 1.54) is 7.11 Å². The molecule has 0 unspecified atom stereocenters. The molecule has 0 fully saturated rings. The predicted molar refractivity (Wildman–Crippen MR) is 96.5 cm³/mol. The lowest BCUT2D eigenvalue weighted by atomic mass is 10.2. The first-order valence-electron chi connectivity index (χ1n) is 7.45. The lowest BCUT2D eigenvalue weighted by Gasteiger charge is -2.20. The van der Waals surface area contributed by atoms with Crippen molar-refractivity contribution in [1.29, 1.82) is 0 Å². The zero-order chi connectivity index (χ0) is 17.4. The molecule has 0 aliphatic carbocycles. The molecule has 2 rings (SSSR count). The first-order valence-corrected chi connectivity index (χ1v) is 8.24. The van der Waals surface area contributed by atoms with E-state index in [9.17, 15) is 9.59 Å². The molecule has 0 atom stereocenters. The largest absolute Gasteiger partial charge is 0.468 e. The van der Waals surface area contributed by atoms with Crippen LogP contribution in [0.25, 0.3) is 0 Å². The average Bonchev–Trinajstić information content (AvgIpc) is 2.57. The van der Waals surface area contributed by atoms with Gasteiger partial charge >= 0.3 is 5.97 Å². The molecule has 1 N–H and O–H groups in total. The summed E-state index contributed by atoms with van der Waals surface area (Å²) < 4.78 is 5.66. The Bertz CT molecular complexity index is 674. The fraction of sp³-hybridized carbons (Fsp3) is 0.222. The summed E-state index contributed by atoms with van der Waals surface area (Å²) in [5.41, 5.74) is 1.73. The van der Waals surface area contributed by atoms with Gasteiger partial charge in [0.1, 0.15) is 0 Å². The number of halogens is 1. The summed E-state index contributed by atoms with van der Waals surface area (Å²) in [6.45, 7) is 0.642. The molecular weight excluding hydrogens is 372 g/mol. The molecule has 5 nitrogen and oxygen atoms in total. The summed E-state index contributed by atoms with van der Waals surface area (Å²) in [7, 11) is 1.34. The van der Waals surface area contributed by atoms with Crippen molar-refractivity contribution in [3.63, 3.8) is 0 Å². The van der Waals surface area contributed by atoms with Gasteiger partial charge in [0.15, 0.2) is 0 Å². The Hall–Kier alpha value is -2.18. The topological polar surface area (TPSA) is 58.6 Å². The molecule has 6 heteroatoms. The fourth-order valence-corrected chi connectivity index (χ4v) is 2.46. The quantitative estimate of drug-likeness (QED) is 0.738. The highest BCUT2D eigenvalue weighted by molar-refractivity contribution is 9.10. The van der Waals surface area contributed by atoms with Crippen LogP contribution in [0.4, 0.5) is 5.69 Å². The second-order valence-electron chi connectivity index (χ2n) is 5.26. The van der Waals surface area contributed by atoms with Crippen molar-refractivity contribution < 1.29 is 14.3 Å². The monoisotopic (exact) mass is 390 g/mol. The van der Waals surface area contributed by atoms with Crippen LogP contribution in [0.5, 0.6) is 0 Å². The van der Waals surface area contributed by atoms with Gasteiger partial charge in [-0.2, -0.15) is 0 Å². The van der Waals surface area contributed by atoms with Gasteiger partial charge in [-0.05, 0) is 29.8 Å². The third-order valence-corrected chi connectivity index (χ3v) is 3.85. The summed E-state index contributed by atoms with van der Waals surface area (Å²) in [5, 5.41) is 2.82. The summed E-state index contributed by atoms with van der Waals surface area (Å²) >= 11 is 3.35. The number of carbonyl (C=O) groups is 2. The Morgan fingerprint density at radius 3 is 2.33 bits per heavy atom. The van der Waals surface area contributed by atoms with E-state index >= 15 is 0 Å². The van der Waals surface area contributed by atoms with Gasteiger partial charge in [0.25, 0.3) is 0 Å². The zero-order valence-corrected chi connectivity index (χ0v) is 15.0. The van der Waals surface area contributed by atoms with Crippen molar-refractivity contribution >= 4 is 33.5 Å². The Morgan fingerprint density at radius 2 is 1.71 bits per heavy atom. The van der Waals surface area contributed by atoms with Gasteiger partial charge in [-0.1, -0.05) is 46.3 Å². The minimum Gasteiger partial charge on any atom is -0.468 e. The molecule has 0 radical (unpaired) electrons. The predicted octanol–water partition coefficient (Wildman–Crippen LogP) is 3.06. The highest BCUT2D eigenvalue weighted by Crippen LogP contribution is 2.14. The SMILES string of the molecule is COC(=O)CN(CC(=O)Nc1ccc(Br)cc1)Cc1ccccc1. The van der Waals surface area contributed by atoms with Crippen LogP contribution in [0.1, 0.15) is 5.56 Å². The molecule has 0 aliphatic heterocycles. The second-order valence-corrected chi connectivity index (χ2v) is 6.18. The standard InChI is InChI=1S/C18H19BrN2O3/c1-24-18(23)13-21(11-14-5-3-2-4-6-14)12-17(22)20-16-9-7-15(19)8-10-16/h2-10H,11-13H2,1H3,(H,20,22). The smallest absolute Gasteiger partial charge is 0.319 e. The molecule has 2 aromatic carbocycles. The third kappa shape index (κ3) is 6.14. The van der Waals surface area contributed by atoms with Crippen LogP contribution in [0.2, 0.25) is 0 Å². The number of hydrogen-bond acceptors (Lipinski definition) is 4. The van der Waals surface area contributed by atoms with E-state index < -0.39 is 0 Å². The number of esters is 1. The van der Waals surface area contributed by atoms with E-state index in [1.807, 2.05) is 54.6 Å². The van der Waals surface area contributed by atoms with Crippen LogP contribution >= 0.6 is 15.9 Å². The molecule has 0 spiro atoms. The van der Waals surface area contributed by atoms with Crippen molar-refractivity contribution in [3.05, 3.63) is 64.6 Å². The van der Waals surface area contributed by atoms with Crippen molar-refractivity contribution in [1.82, 2.24) is 4.90 Å². The molecule has 24 heavy (non-hydrogen) atoms. The van der Waals surface area contributed by atoms with Gasteiger partial charge in [-0.3, -0.25) is 14.5 Å². The molecule has 0 saturated heterocycles. The first-order chi connectivity index (χ1) is 11.6. The van der Waals surface area contributed by atoms with Crippen LogP contribution in [0.3, 0.4) is 0 Å². The van der Waals surface area contributed by atoms with E-state index in [4.69, 9.17) is 4.74 Å². The van der Waals surface area contributed by atoms with Crippen LogP contribution < -0.4 is 5.32 Å². The van der Waals surface area contributed by atoms with E-state index in [0.717, 1.165) is 10.0 Å². The molecular formula is C18H19BrN2O3.